The molecule has 1 N–H and O–H groups in total. The van der Waals surface area contributed by atoms with Crippen LogP contribution < -0.4 is 0 Å². The molecule has 6 heteroatoms. The van der Waals surface area contributed by atoms with Gasteiger partial charge in [-0.05, 0) is 18.2 Å². The van der Waals surface area contributed by atoms with Crippen LogP contribution in [0.3, 0.4) is 0 Å². The minimum atomic E-state index is -1.61. The Hall–Kier alpha value is -1.30. The van der Waals surface area contributed by atoms with Gasteiger partial charge in [0.2, 0.25) is 0 Å². The van der Waals surface area contributed by atoms with Gasteiger partial charge in [0.25, 0.3) is 0 Å². The molecule has 0 saturated heterocycles. The standard InChI is InChI=1S/C9H8F2O3S/c10-7-2-1-6(5-8(7)11)15(14)4-3-9(12)13/h1-2,5H,3-4H2,(H,12,13). The summed E-state index contributed by atoms with van der Waals surface area (Å²) >= 11 is 0. The Bertz CT molecular complexity index is 406. The topological polar surface area (TPSA) is 54.4 Å². The molecule has 1 aromatic carbocycles. The first-order valence-corrected chi connectivity index (χ1v) is 5.38. The Kier molecular flexibility index (Phi) is 3.90. The van der Waals surface area contributed by atoms with E-state index in [1.807, 2.05) is 0 Å². The summed E-state index contributed by atoms with van der Waals surface area (Å²) in [5.74, 6) is -3.29. The predicted molar refractivity (Wildman–Crippen MR) is 49.9 cm³/mol. The Morgan fingerprint density at radius 2 is 2.00 bits per heavy atom. The third kappa shape index (κ3) is 3.39. The third-order valence-corrected chi connectivity index (χ3v) is 3.01. The van der Waals surface area contributed by atoms with Crippen molar-refractivity contribution in [3.05, 3.63) is 29.8 Å². The van der Waals surface area contributed by atoms with E-state index in [-0.39, 0.29) is 17.1 Å². The molecule has 0 fully saturated rings. The zero-order chi connectivity index (χ0) is 11.4. The molecule has 1 unspecified atom stereocenters. The summed E-state index contributed by atoms with van der Waals surface area (Å²) in [6.45, 7) is 0. The fourth-order valence-corrected chi connectivity index (χ4v) is 1.97. The van der Waals surface area contributed by atoms with E-state index in [9.17, 15) is 17.8 Å². The first-order chi connectivity index (χ1) is 7.00. The number of aliphatic carboxylic acids is 1. The molecule has 0 amide bonds. The van der Waals surface area contributed by atoms with E-state index in [0.717, 1.165) is 12.1 Å². The molecule has 0 aliphatic heterocycles. The highest BCUT2D eigenvalue weighted by Crippen LogP contribution is 2.12. The van der Waals surface area contributed by atoms with Crippen molar-refractivity contribution in [2.24, 2.45) is 0 Å². The van der Waals surface area contributed by atoms with Crippen molar-refractivity contribution < 1.29 is 22.9 Å². The van der Waals surface area contributed by atoms with Gasteiger partial charge in [0.15, 0.2) is 11.6 Å². The molecule has 0 aliphatic rings. The summed E-state index contributed by atoms with van der Waals surface area (Å²) in [6.07, 6.45) is -0.272. The van der Waals surface area contributed by atoms with Crippen LogP contribution in [0.1, 0.15) is 6.42 Å². The second kappa shape index (κ2) is 4.97. The van der Waals surface area contributed by atoms with Crippen LogP contribution in [-0.4, -0.2) is 21.0 Å². The van der Waals surface area contributed by atoms with E-state index in [1.165, 1.54) is 6.07 Å². The molecule has 0 heterocycles. The molecule has 0 saturated carbocycles. The predicted octanol–water partition coefficient (Wildman–Crippen LogP) is 1.55. The monoisotopic (exact) mass is 234 g/mol. The zero-order valence-electron chi connectivity index (χ0n) is 7.57. The molecule has 0 aromatic heterocycles. The van der Waals surface area contributed by atoms with Gasteiger partial charge in [0, 0.05) is 10.6 Å². The van der Waals surface area contributed by atoms with Crippen LogP contribution in [0.2, 0.25) is 0 Å². The SMILES string of the molecule is O=C(O)CCS(=O)c1ccc(F)c(F)c1. The van der Waals surface area contributed by atoms with Crippen LogP contribution in [0.15, 0.2) is 23.1 Å². The summed E-state index contributed by atoms with van der Waals surface area (Å²) < 4.78 is 36.6. The summed E-state index contributed by atoms with van der Waals surface area (Å²) in [5, 5.41) is 8.34. The first kappa shape index (κ1) is 11.8. The number of benzene rings is 1. The minimum Gasteiger partial charge on any atom is -0.481 e. The van der Waals surface area contributed by atoms with E-state index in [4.69, 9.17) is 5.11 Å². The smallest absolute Gasteiger partial charge is 0.304 e. The van der Waals surface area contributed by atoms with Crippen molar-refractivity contribution in [3.63, 3.8) is 0 Å². The lowest BCUT2D eigenvalue weighted by atomic mass is 10.3. The average molecular weight is 234 g/mol. The minimum absolute atomic E-state index is 0.0927. The lowest BCUT2D eigenvalue weighted by Crippen LogP contribution is -2.05. The maximum atomic E-state index is 12.7. The van der Waals surface area contributed by atoms with Crippen molar-refractivity contribution >= 4 is 16.8 Å². The number of hydrogen-bond acceptors (Lipinski definition) is 2. The molecule has 82 valence electrons. The molecular weight excluding hydrogens is 226 g/mol. The van der Waals surface area contributed by atoms with Gasteiger partial charge in [-0.15, -0.1) is 0 Å². The molecule has 0 bridgehead atoms. The van der Waals surface area contributed by atoms with Crippen molar-refractivity contribution in [1.82, 2.24) is 0 Å². The van der Waals surface area contributed by atoms with E-state index in [1.54, 1.807) is 0 Å². The number of carboxylic acid groups (broad SMARTS) is 1. The molecular formula is C9H8F2O3S. The zero-order valence-corrected chi connectivity index (χ0v) is 8.39. The second-order valence-electron chi connectivity index (χ2n) is 2.77. The van der Waals surface area contributed by atoms with Crippen LogP contribution in [-0.2, 0) is 15.6 Å². The number of hydrogen-bond donors (Lipinski definition) is 1. The summed E-state index contributed by atoms with van der Waals surface area (Å²) in [6, 6.07) is 2.85. The summed E-state index contributed by atoms with van der Waals surface area (Å²) in [5.41, 5.74) is 0. The molecule has 1 aromatic rings. The first-order valence-electron chi connectivity index (χ1n) is 4.06. The largest absolute Gasteiger partial charge is 0.481 e. The van der Waals surface area contributed by atoms with E-state index in [0.29, 0.717) is 0 Å². The number of carbonyl (C=O) groups is 1. The molecule has 1 rings (SSSR count). The Labute approximate surface area is 87.2 Å². The number of rotatable bonds is 4. The second-order valence-corrected chi connectivity index (χ2v) is 4.34. The quantitative estimate of drug-likeness (QED) is 0.859. The molecule has 1 atom stereocenters. The van der Waals surface area contributed by atoms with Crippen molar-refractivity contribution in [3.8, 4) is 0 Å². The van der Waals surface area contributed by atoms with Crippen molar-refractivity contribution in [2.75, 3.05) is 5.75 Å². The van der Waals surface area contributed by atoms with Crippen molar-refractivity contribution in [1.29, 1.82) is 0 Å². The van der Waals surface area contributed by atoms with Gasteiger partial charge >= 0.3 is 5.97 Å². The lowest BCUT2D eigenvalue weighted by molar-refractivity contribution is -0.136. The summed E-state index contributed by atoms with van der Waals surface area (Å²) in [7, 11) is -1.61. The van der Waals surface area contributed by atoms with Gasteiger partial charge in [0.05, 0.1) is 17.2 Å². The van der Waals surface area contributed by atoms with Crippen LogP contribution >= 0.6 is 0 Å². The van der Waals surface area contributed by atoms with Gasteiger partial charge in [0.1, 0.15) is 0 Å². The maximum absolute atomic E-state index is 12.7. The molecule has 0 spiro atoms. The van der Waals surface area contributed by atoms with Gasteiger partial charge in [-0.25, -0.2) is 8.78 Å². The van der Waals surface area contributed by atoms with Gasteiger partial charge in [-0.3, -0.25) is 9.00 Å². The fraction of sp³-hybridized carbons (Fsp3) is 0.222. The molecule has 0 aliphatic carbocycles. The summed E-state index contributed by atoms with van der Waals surface area (Å²) in [4.78, 5) is 10.3. The normalized spacial score (nSPS) is 12.4. The van der Waals surface area contributed by atoms with Gasteiger partial charge in [-0.2, -0.15) is 0 Å². The van der Waals surface area contributed by atoms with Crippen LogP contribution in [0.5, 0.6) is 0 Å². The van der Waals surface area contributed by atoms with E-state index < -0.39 is 28.4 Å². The van der Waals surface area contributed by atoms with Crippen LogP contribution in [0, 0.1) is 11.6 Å². The Morgan fingerprint density at radius 1 is 1.33 bits per heavy atom. The highest BCUT2D eigenvalue weighted by atomic mass is 32.2. The van der Waals surface area contributed by atoms with Gasteiger partial charge < -0.3 is 5.11 Å². The Morgan fingerprint density at radius 3 is 2.53 bits per heavy atom. The average Bonchev–Trinajstić information content (AvgIpc) is 2.18. The molecule has 0 radical (unpaired) electrons. The van der Waals surface area contributed by atoms with E-state index >= 15 is 0 Å². The van der Waals surface area contributed by atoms with Crippen molar-refractivity contribution in [2.45, 2.75) is 11.3 Å². The molecule has 3 nitrogen and oxygen atoms in total. The van der Waals surface area contributed by atoms with Crippen LogP contribution in [0.25, 0.3) is 0 Å². The lowest BCUT2D eigenvalue weighted by Gasteiger charge is -2.00. The molecule has 15 heavy (non-hydrogen) atoms. The number of carboxylic acids is 1. The number of halogens is 2. The van der Waals surface area contributed by atoms with Crippen LogP contribution in [0.4, 0.5) is 8.78 Å². The highest BCUT2D eigenvalue weighted by Gasteiger charge is 2.09. The maximum Gasteiger partial charge on any atom is 0.304 e. The highest BCUT2D eigenvalue weighted by molar-refractivity contribution is 7.85. The Balaban J connectivity index is 2.74. The van der Waals surface area contributed by atoms with E-state index in [2.05, 4.69) is 0 Å². The third-order valence-electron chi connectivity index (χ3n) is 1.66. The fourth-order valence-electron chi connectivity index (χ4n) is 0.916. The van der Waals surface area contributed by atoms with Gasteiger partial charge in [-0.1, -0.05) is 0 Å².